The van der Waals surface area contributed by atoms with E-state index in [4.69, 9.17) is 4.42 Å². The van der Waals surface area contributed by atoms with Gasteiger partial charge in [0.25, 0.3) is 0 Å². The highest BCUT2D eigenvalue weighted by atomic mass is 32.2. The van der Waals surface area contributed by atoms with Crippen molar-refractivity contribution in [1.82, 2.24) is 14.8 Å². The normalized spacial score (nSPS) is 11.1. The average molecular weight is 383 g/mol. The predicted octanol–water partition coefficient (Wildman–Crippen LogP) is 5.41. The summed E-state index contributed by atoms with van der Waals surface area (Å²) in [5.41, 5.74) is 2.65. The number of thioether (sulfide) groups is 1. The van der Waals surface area contributed by atoms with E-state index in [0.29, 0.717) is 28.1 Å². The Balaban J connectivity index is 1.72. The smallest absolute Gasteiger partial charge is 0.205 e. The Labute approximate surface area is 158 Å². The predicted molar refractivity (Wildman–Crippen MR) is 99.7 cm³/mol. The van der Waals surface area contributed by atoms with E-state index in [9.17, 15) is 8.78 Å². The third-order valence-electron chi connectivity index (χ3n) is 4.08. The molecule has 0 unspecified atom stereocenters. The van der Waals surface area contributed by atoms with Crippen LogP contribution in [0.5, 0.6) is 0 Å². The highest BCUT2D eigenvalue weighted by Gasteiger charge is 2.19. The van der Waals surface area contributed by atoms with Crippen LogP contribution in [0.25, 0.3) is 17.3 Å². The lowest BCUT2D eigenvalue weighted by atomic mass is 10.2. The number of aromatic nitrogens is 3. The summed E-state index contributed by atoms with van der Waals surface area (Å²) < 4.78 is 34.0. The van der Waals surface area contributed by atoms with Gasteiger partial charge in [0.1, 0.15) is 0 Å². The van der Waals surface area contributed by atoms with Crippen molar-refractivity contribution < 1.29 is 13.2 Å². The molecular weight excluding hydrogens is 368 g/mol. The number of benzene rings is 2. The van der Waals surface area contributed by atoms with Gasteiger partial charge in [-0.05, 0) is 48.4 Å². The Bertz CT molecular complexity index is 1080. The van der Waals surface area contributed by atoms with Gasteiger partial charge < -0.3 is 4.42 Å². The molecule has 0 amide bonds. The molecule has 0 saturated heterocycles. The van der Waals surface area contributed by atoms with Gasteiger partial charge in [-0.2, -0.15) is 0 Å². The van der Waals surface area contributed by atoms with Crippen molar-refractivity contribution in [1.29, 1.82) is 0 Å². The first kappa shape index (κ1) is 17.5. The van der Waals surface area contributed by atoms with Crippen LogP contribution >= 0.6 is 11.8 Å². The van der Waals surface area contributed by atoms with Crippen LogP contribution in [0, 0.1) is 18.6 Å². The fraction of sp³-hybridized carbons (Fsp3) is 0.100. The molecule has 0 radical (unpaired) electrons. The second-order valence-electron chi connectivity index (χ2n) is 5.94. The molecule has 0 saturated carbocycles. The van der Waals surface area contributed by atoms with Crippen LogP contribution in [0.3, 0.4) is 0 Å². The van der Waals surface area contributed by atoms with Crippen molar-refractivity contribution >= 4 is 11.8 Å². The summed E-state index contributed by atoms with van der Waals surface area (Å²) in [5.74, 6) is -0.0940. The van der Waals surface area contributed by atoms with Gasteiger partial charge in [-0.3, -0.25) is 4.57 Å². The first-order valence-electron chi connectivity index (χ1n) is 8.25. The number of hydrogen-bond donors (Lipinski definition) is 0. The van der Waals surface area contributed by atoms with Crippen LogP contribution < -0.4 is 0 Å². The van der Waals surface area contributed by atoms with E-state index in [2.05, 4.69) is 10.2 Å². The Morgan fingerprint density at radius 3 is 2.59 bits per heavy atom. The van der Waals surface area contributed by atoms with Gasteiger partial charge in [0, 0.05) is 5.75 Å². The number of hydrogen-bond acceptors (Lipinski definition) is 4. The molecule has 0 aliphatic heterocycles. The standard InChI is InChI=1S/C20H15F2N3OS/c1-13-5-2-3-6-17(13)25-19(18-7-4-10-26-18)23-24-20(25)27-12-14-8-9-15(21)16(22)11-14/h2-11H,12H2,1H3. The minimum atomic E-state index is -0.857. The lowest BCUT2D eigenvalue weighted by Gasteiger charge is -2.12. The number of para-hydroxylation sites is 1. The average Bonchev–Trinajstić information content (AvgIpc) is 3.32. The summed E-state index contributed by atoms with van der Waals surface area (Å²) >= 11 is 1.39. The second kappa shape index (κ2) is 7.36. The maximum absolute atomic E-state index is 13.5. The number of halogens is 2. The molecule has 2 aromatic carbocycles. The molecule has 0 fully saturated rings. The van der Waals surface area contributed by atoms with Gasteiger partial charge in [-0.15, -0.1) is 10.2 Å². The summed E-state index contributed by atoms with van der Waals surface area (Å²) in [6.45, 7) is 2.01. The van der Waals surface area contributed by atoms with Crippen LogP contribution in [-0.2, 0) is 5.75 Å². The quantitative estimate of drug-likeness (QED) is 0.433. The van der Waals surface area contributed by atoms with Crippen LogP contribution in [0.15, 0.2) is 70.4 Å². The third kappa shape index (κ3) is 3.50. The van der Waals surface area contributed by atoms with E-state index in [-0.39, 0.29) is 0 Å². The zero-order chi connectivity index (χ0) is 18.8. The lowest BCUT2D eigenvalue weighted by molar-refractivity contribution is 0.507. The SMILES string of the molecule is Cc1ccccc1-n1c(SCc2ccc(F)c(F)c2)nnc1-c1ccco1. The zero-order valence-electron chi connectivity index (χ0n) is 14.4. The van der Waals surface area contributed by atoms with Crippen molar-refractivity contribution in [2.45, 2.75) is 17.8 Å². The Morgan fingerprint density at radius 2 is 1.85 bits per heavy atom. The van der Waals surface area contributed by atoms with E-state index in [1.807, 2.05) is 41.8 Å². The fourth-order valence-corrected chi connectivity index (χ4v) is 3.63. The van der Waals surface area contributed by atoms with Crippen molar-refractivity contribution in [2.75, 3.05) is 0 Å². The fourth-order valence-electron chi connectivity index (χ4n) is 2.74. The largest absolute Gasteiger partial charge is 0.461 e. The molecule has 4 rings (SSSR count). The summed E-state index contributed by atoms with van der Waals surface area (Å²) in [6.07, 6.45) is 1.58. The molecule has 0 bridgehead atoms. The molecule has 7 heteroatoms. The van der Waals surface area contributed by atoms with Crippen molar-refractivity contribution in [2.24, 2.45) is 0 Å². The van der Waals surface area contributed by atoms with Gasteiger partial charge >= 0.3 is 0 Å². The highest BCUT2D eigenvalue weighted by molar-refractivity contribution is 7.98. The van der Waals surface area contributed by atoms with Crippen molar-refractivity contribution in [3.8, 4) is 17.3 Å². The molecule has 4 nitrogen and oxygen atoms in total. The van der Waals surface area contributed by atoms with Crippen LogP contribution in [0.4, 0.5) is 8.78 Å². The number of aryl methyl sites for hydroxylation is 1. The zero-order valence-corrected chi connectivity index (χ0v) is 15.2. The molecule has 0 N–H and O–H groups in total. The Kier molecular flexibility index (Phi) is 4.77. The Hall–Kier alpha value is -2.93. The topological polar surface area (TPSA) is 43.9 Å². The van der Waals surface area contributed by atoms with Crippen molar-refractivity contribution in [3.63, 3.8) is 0 Å². The Morgan fingerprint density at radius 1 is 1.00 bits per heavy atom. The summed E-state index contributed by atoms with van der Waals surface area (Å²) in [6, 6.07) is 15.4. The number of nitrogens with zero attached hydrogens (tertiary/aromatic N) is 3. The maximum Gasteiger partial charge on any atom is 0.205 e. The number of rotatable bonds is 5. The van der Waals surface area contributed by atoms with Gasteiger partial charge in [0.15, 0.2) is 22.6 Å². The molecule has 4 aromatic rings. The van der Waals surface area contributed by atoms with E-state index >= 15 is 0 Å². The minimum absolute atomic E-state index is 0.430. The van der Waals surface area contributed by atoms with Crippen LogP contribution in [0.1, 0.15) is 11.1 Å². The maximum atomic E-state index is 13.5. The van der Waals surface area contributed by atoms with Gasteiger partial charge in [0.2, 0.25) is 5.82 Å². The first-order chi connectivity index (χ1) is 13.1. The van der Waals surface area contributed by atoms with Crippen LogP contribution in [0.2, 0.25) is 0 Å². The monoisotopic (exact) mass is 383 g/mol. The molecule has 0 atom stereocenters. The number of furan rings is 1. The molecule has 2 aromatic heterocycles. The molecule has 0 aliphatic carbocycles. The first-order valence-corrected chi connectivity index (χ1v) is 9.24. The highest BCUT2D eigenvalue weighted by Crippen LogP contribution is 2.31. The molecular formula is C20H15F2N3OS. The van der Waals surface area contributed by atoms with Gasteiger partial charge in [-0.25, -0.2) is 8.78 Å². The van der Waals surface area contributed by atoms with Gasteiger partial charge in [-0.1, -0.05) is 36.0 Å². The molecule has 0 spiro atoms. The molecule has 0 aliphatic rings. The summed E-state index contributed by atoms with van der Waals surface area (Å²) in [7, 11) is 0. The van der Waals surface area contributed by atoms with E-state index in [1.165, 1.54) is 17.8 Å². The summed E-state index contributed by atoms with van der Waals surface area (Å²) in [5, 5.41) is 9.22. The summed E-state index contributed by atoms with van der Waals surface area (Å²) in [4.78, 5) is 0. The van der Waals surface area contributed by atoms with Crippen molar-refractivity contribution in [3.05, 3.63) is 83.6 Å². The minimum Gasteiger partial charge on any atom is -0.461 e. The van der Waals surface area contributed by atoms with Gasteiger partial charge in [0.05, 0.1) is 12.0 Å². The molecule has 27 heavy (non-hydrogen) atoms. The van der Waals surface area contributed by atoms with E-state index in [1.54, 1.807) is 18.4 Å². The second-order valence-corrected chi connectivity index (χ2v) is 6.89. The molecule has 136 valence electrons. The molecule has 2 heterocycles. The lowest BCUT2D eigenvalue weighted by Crippen LogP contribution is -2.01. The third-order valence-corrected chi connectivity index (χ3v) is 5.08. The van der Waals surface area contributed by atoms with Crippen LogP contribution in [-0.4, -0.2) is 14.8 Å². The van der Waals surface area contributed by atoms with E-state index < -0.39 is 11.6 Å². The van der Waals surface area contributed by atoms with E-state index in [0.717, 1.165) is 17.3 Å².